The lowest BCUT2D eigenvalue weighted by atomic mass is 10.0. The molecule has 0 fully saturated rings. The molecule has 0 amide bonds. The summed E-state index contributed by atoms with van der Waals surface area (Å²) < 4.78 is 0. The Morgan fingerprint density at radius 3 is 3.40 bits per heavy atom. The van der Waals surface area contributed by atoms with Gasteiger partial charge in [0, 0.05) is 0 Å². The van der Waals surface area contributed by atoms with Crippen molar-refractivity contribution in [3.63, 3.8) is 0 Å². The Bertz CT molecular complexity index is 233. The van der Waals surface area contributed by atoms with Crippen LogP contribution in [0.25, 0.3) is 0 Å². The Hall–Kier alpha value is -0.410. The highest BCUT2D eigenvalue weighted by Crippen LogP contribution is 2.31. The minimum atomic E-state index is -0.226. The summed E-state index contributed by atoms with van der Waals surface area (Å²) in [5.41, 5.74) is 2.93. The van der Waals surface area contributed by atoms with Crippen LogP contribution in [0.5, 0.6) is 0 Å². The SMILES string of the molecule is OC1CCCc2ncsc21. The summed E-state index contributed by atoms with van der Waals surface area (Å²) in [5.74, 6) is 0. The number of aryl methyl sites for hydroxylation is 1. The normalized spacial score (nSPS) is 24.3. The highest BCUT2D eigenvalue weighted by Gasteiger charge is 2.19. The molecular weight excluding hydrogens is 146 g/mol. The van der Waals surface area contributed by atoms with Crippen molar-refractivity contribution >= 4 is 11.3 Å². The lowest BCUT2D eigenvalue weighted by Gasteiger charge is -2.14. The van der Waals surface area contributed by atoms with Gasteiger partial charge in [-0.25, -0.2) is 4.98 Å². The van der Waals surface area contributed by atoms with Crippen molar-refractivity contribution in [2.45, 2.75) is 25.4 Å². The number of hydrogen-bond acceptors (Lipinski definition) is 3. The number of aromatic nitrogens is 1. The first kappa shape index (κ1) is 6.31. The third-order valence-electron chi connectivity index (χ3n) is 1.87. The maximum atomic E-state index is 9.42. The lowest BCUT2D eigenvalue weighted by Crippen LogP contribution is -2.06. The second-order valence-electron chi connectivity index (χ2n) is 2.57. The van der Waals surface area contributed by atoms with Crippen LogP contribution in [0.1, 0.15) is 29.5 Å². The van der Waals surface area contributed by atoms with Gasteiger partial charge in [-0.1, -0.05) is 0 Å². The Labute approximate surface area is 63.5 Å². The average molecular weight is 155 g/mol. The molecule has 1 unspecified atom stereocenters. The van der Waals surface area contributed by atoms with E-state index >= 15 is 0 Å². The molecule has 54 valence electrons. The smallest absolute Gasteiger partial charge is 0.0901 e. The predicted octanol–water partition coefficient (Wildman–Crippen LogP) is 1.51. The molecule has 3 heteroatoms. The molecule has 0 radical (unpaired) electrons. The molecule has 10 heavy (non-hydrogen) atoms. The van der Waals surface area contributed by atoms with Gasteiger partial charge in [0.15, 0.2) is 0 Å². The van der Waals surface area contributed by atoms with Crippen LogP contribution in [-0.2, 0) is 6.42 Å². The van der Waals surface area contributed by atoms with Gasteiger partial charge in [0.1, 0.15) is 0 Å². The molecule has 0 bridgehead atoms. The zero-order valence-electron chi connectivity index (χ0n) is 5.58. The molecule has 1 aromatic rings. The fourth-order valence-electron chi connectivity index (χ4n) is 1.33. The molecule has 2 nitrogen and oxygen atoms in total. The monoisotopic (exact) mass is 155 g/mol. The summed E-state index contributed by atoms with van der Waals surface area (Å²) in [6.07, 6.45) is 2.82. The molecule has 1 aliphatic carbocycles. The third kappa shape index (κ3) is 0.859. The molecule has 1 N–H and O–H groups in total. The Balaban J connectivity index is 2.41. The lowest BCUT2D eigenvalue weighted by molar-refractivity contribution is 0.160. The molecule has 0 aromatic carbocycles. The van der Waals surface area contributed by atoms with E-state index in [-0.39, 0.29) is 6.10 Å². The first-order valence-electron chi connectivity index (χ1n) is 3.48. The second-order valence-corrected chi connectivity index (χ2v) is 3.46. The van der Waals surface area contributed by atoms with Gasteiger partial charge in [0.2, 0.25) is 0 Å². The van der Waals surface area contributed by atoms with Crippen LogP contribution >= 0.6 is 11.3 Å². The first-order valence-corrected chi connectivity index (χ1v) is 4.36. The fraction of sp³-hybridized carbons (Fsp3) is 0.571. The molecule has 0 saturated heterocycles. The first-order chi connectivity index (χ1) is 4.88. The zero-order chi connectivity index (χ0) is 6.97. The van der Waals surface area contributed by atoms with E-state index in [0.717, 1.165) is 29.8 Å². The standard InChI is InChI=1S/C7H9NOS/c9-6-3-1-2-5-7(6)10-4-8-5/h4,6,9H,1-3H2. The molecule has 0 aliphatic heterocycles. The van der Waals surface area contributed by atoms with E-state index in [1.807, 2.05) is 5.51 Å². The highest BCUT2D eigenvalue weighted by molar-refractivity contribution is 7.09. The molecule has 2 rings (SSSR count). The van der Waals surface area contributed by atoms with Crippen LogP contribution in [0.3, 0.4) is 0 Å². The van der Waals surface area contributed by atoms with E-state index in [4.69, 9.17) is 0 Å². The number of aliphatic hydroxyl groups is 1. The van der Waals surface area contributed by atoms with Crippen LogP contribution in [0, 0.1) is 0 Å². The van der Waals surface area contributed by atoms with Crippen LogP contribution in [0.15, 0.2) is 5.51 Å². The van der Waals surface area contributed by atoms with Gasteiger partial charge in [-0.15, -0.1) is 11.3 Å². The number of rotatable bonds is 0. The van der Waals surface area contributed by atoms with Crippen molar-refractivity contribution in [2.75, 3.05) is 0 Å². The van der Waals surface area contributed by atoms with E-state index in [1.54, 1.807) is 11.3 Å². The topological polar surface area (TPSA) is 33.1 Å². The Kier molecular flexibility index (Phi) is 1.47. The minimum Gasteiger partial charge on any atom is -0.388 e. The third-order valence-corrected chi connectivity index (χ3v) is 2.84. The average Bonchev–Trinajstić information content (AvgIpc) is 2.36. The zero-order valence-corrected chi connectivity index (χ0v) is 6.40. The Morgan fingerprint density at radius 2 is 2.60 bits per heavy atom. The van der Waals surface area contributed by atoms with Gasteiger partial charge in [0.05, 0.1) is 22.2 Å². The van der Waals surface area contributed by atoms with Crippen LogP contribution < -0.4 is 0 Å². The number of nitrogens with zero attached hydrogens (tertiary/aromatic N) is 1. The molecular formula is C7H9NOS. The van der Waals surface area contributed by atoms with Gasteiger partial charge in [-0.2, -0.15) is 0 Å². The predicted molar refractivity (Wildman–Crippen MR) is 40.0 cm³/mol. The molecule has 0 saturated carbocycles. The molecule has 1 aromatic heterocycles. The number of aliphatic hydroxyl groups excluding tert-OH is 1. The molecule has 1 aliphatic rings. The summed E-state index contributed by atoms with van der Waals surface area (Å²) in [6, 6.07) is 0. The summed E-state index contributed by atoms with van der Waals surface area (Å²) in [4.78, 5) is 5.25. The van der Waals surface area contributed by atoms with Gasteiger partial charge < -0.3 is 5.11 Å². The van der Waals surface area contributed by atoms with Crippen molar-refractivity contribution in [3.8, 4) is 0 Å². The van der Waals surface area contributed by atoms with Crippen LogP contribution in [-0.4, -0.2) is 10.1 Å². The Morgan fingerprint density at radius 1 is 1.70 bits per heavy atom. The van der Waals surface area contributed by atoms with E-state index in [0.29, 0.717) is 0 Å². The number of fused-ring (bicyclic) bond motifs is 1. The van der Waals surface area contributed by atoms with E-state index in [2.05, 4.69) is 4.98 Å². The van der Waals surface area contributed by atoms with E-state index in [1.165, 1.54) is 0 Å². The number of thiazole rings is 1. The van der Waals surface area contributed by atoms with Crippen molar-refractivity contribution in [2.24, 2.45) is 0 Å². The molecule has 0 spiro atoms. The van der Waals surface area contributed by atoms with Gasteiger partial charge in [0.25, 0.3) is 0 Å². The molecule has 1 heterocycles. The largest absolute Gasteiger partial charge is 0.388 e. The summed E-state index contributed by atoms with van der Waals surface area (Å²) in [5, 5.41) is 9.42. The summed E-state index contributed by atoms with van der Waals surface area (Å²) >= 11 is 1.57. The van der Waals surface area contributed by atoms with E-state index in [9.17, 15) is 5.11 Å². The summed E-state index contributed by atoms with van der Waals surface area (Å²) in [7, 11) is 0. The van der Waals surface area contributed by atoms with Crippen molar-refractivity contribution in [3.05, 3.63) is 16.1 Å². The van der Waals surface area contributed by atoms with Crippen LogP contribution in [0.4, 0.5) is 0 Å². The number of hydrogen-bond donors (Lipinski definition) is 1. The van der Waals surface area contributed by atoms with Gasteiger partial charge in [-0.05, 0) is 19.3 Å². The molecule has 1 atom stereocenters. The van der Waals surface area contributed by atoms with Gasteiger partial charge >= 0.3 is 0 Å². The van der Waals surface area contributed by atoms with Crippen molar-refractivity contribution in [1.82, 2.24) is 4.98 Å². The fourth-order valence-corrected chi connectivity index (χ4v) is 2.19. The summed E-state index contributed by atoms with van der Waals surface area (Å²) in [6.45, 7) is 0. The quantitative estimate of drug-likeness (QED) is 0.616. The van der Waals surface area contributed by atoms with Gasteiger partial charge in [-0.3, -0.25) is 0 Å². The van der Waals surface area contributed by atoms with E-state index < -0.39 is 0 Å². The van der Waals surface area contributed by atoms with Crippen molar-refractivity contribution in [1.29, 1.82) is 0 Å². The maximum absolute atomic E-state index is 9.42. The highest BCUT2D eigenvalue weighted by atomic mass is 32.1. The van der Waals surface area contributed by atoms with Crippen LogP contribution in [0.2, 0.25) is 0 Å². The minimum absolute atomic E-state index is 0.226. The maximum Gasteiger partial charge on any atom is 0.0901 e. The second kappa shape index (κ2) is 2.32. The van der Waals surface area contributed by atoms with Crippen molar-refractivity contribution < 1.29 is 5.11 Å².